The number of aromatic carboxylic acids is 1. The largest absolute Gasteiger partial charge is 0.478 e. The number of nitrogens with zero attached hydrogens (tertiary/aromatic N) is 1. The maximum atomic E-state index is 12.8. The van der Waals surface area contributed by atoms with Gasteiger partial charge in [-0.15, -0.1) is 0 Å². The molecule has 0 unspecified atom stereocenters. The first-order valence-corrected chi connectivity index (χ1v) is 3.57. The van der Waals surface area contributed by atoms with Crippen LogP contribution in [0.5, 0.6) is 0 Å². The number of rotatable bonds is 2. The second kappa shape index (κ2) is 3.35. The number of carboxylic acids is 1. The van der Waals surface area contributed by atoms with Crippen LogP contribution in [0.2, 0.25) is 0 Å². The fraction of sp³-hybridized carbons (Fsp3) is 0.111. The summed E-state index contributed by atoms with van der Waals surface area (Å²) in [6.45, 7) is 5.25. The molecule has 0 saturated carbocycles. The second-order valence-electron chi connectivity index (χ2n) is 2.63. The second-order valence-corrected chi connectivity index (χ2v) is 2.63. The molecule has 0 saturated heterocycles. The van der Waals surface area contributed by atoms with E-state index in [-0.39, 0.29) is 5.56 Å². The van der Waals surface area contributed by atoms with E-state index in [1.54, 1.807) is 6.92 Å². The van der Waals surface area contributed by atoms with Crippen LogP contribution in [0.1, 0.15) is 23.0 Å². The standard InChI is InChI=1S/C9H8FNO2/c1-5(2)8-3-6(9(12)13)7(10)4-11-8/h3-4H,1H2,2H3,(H,12,13). The molecule has 0 aromatic carbocycles. The smallest absolute Gasteiger partial charge is 0.338 e. The molecule has 0 fully saturated rings. The molecule has 1 aromatic heterocycles. The van der Waals surface area contributed by atoms with Crippen LogP contribution < -0.4 is 0 Å². The number of hydrogen-bond donors (Lipinski definition) is 1. The monoisotopic (exact) mass is 181 g/mol. The minimum atomic E-state index is -1.30. The molecular formula is C9H8FNO2. The number of aromatic nitrogens is 1. The first-order valence-electron chi connectivity index (χ1n) is 3.57. The zero-order valence-electron chi connectivity index (χ0n) is 7.04. The van der Waals surface area contributed by atoms with E-state index in [4.69, 9.17) is 5.11 Å². The quantitative estimate of drug-likeness (QED) is 0.758. The van der Waals surface area contributed by atoms with Crippen LogP contribution >= 0.6 is 0 Å². The van der Waals surface area contributed by atoms with Gasteiger partial charge in [-0.3, -0.25) is 4.98 Å². The number of allylic oxidation sites excluding steroid dienone is 1. The van der Waals surface area contributed by atoms with Crippen molar-refractivity contribution in [2.75, 3.05) is 0 Å². The number of halogens is 1. The van der Waals surface area contributed by atoms with Gasteiger partial charge in [-0.2, -0.15) is 0 Å². The van der Waals surface area contributed by atoms with Crippen molar-refractivity contribution in [3.8, 4) is 0 Å². The van der Waals surface area contributed by atoms with Crippen molar-refractivity contribution in [2.45, 2.75) is 6.92 Å². The molecule has 0 aliphatic heterocycles. The first-order chi connectivity index (χ1) is 6.02. The normalized spacial score (nSPS) is 9.69. The molecule has 0 bridgehead atoms. The Morgan fingerprint density at radius 3 is 2.77 bits per heavy atom. The van der Waals surface area contributed by atoms with Gasteiger partial charge < -0.3 is 5.11 Å². The molecular weight excluding hydrogens is 173 g/mol. The van der Waals surface area contributed by atoms with E-state index in [0.29, 0.717) is 11.3 Å². The van der Waals surface area contributed by atoms with Gasteiger partial charge in [-0.05, 0) is 18.6 Å². The van der Waals surface area contributed by atoms with Gasteiger partial charge in [0.25, 0.3) is 0 Å². The summed E-state index contributed by atoms with van der Waals surface area (Å²) in [5, 5.41) is 8.57. The van der Waals surface area contributed by atoms with E-state index in [1.807, 2.05) is 0 Å². The number of hydrogen-bond acceptors (Lipinski definition) is 2. The minimum Gasteiger partial charge on any atom is -0.478 e. The lowest BCUT2D eigenvalue weighted by Gasteiger charge is -2.01. The molecule has 1 aromatic rings. The van der Waals surface area contributed by atoms with Gasteiger partial charge in [0.2, 0.25) is 0 Å². The Hall–Kier alpha value is -1.71. The molecule has 0 spiro atoms. The maximum Gasteiger partial charge on any atom is 0.338 e. The molecule has 0 aliphatic carbocycles. The van der Waals surface area contributed by atoms with Crippen LogP contribution in [0.15, 0.2) is 18.8 Å². The third kappa shape index (κ3) is 1.90. The lowest BCUT2D eigenvalue weighted by Crippen LogP contribution is -2.02. The third-order valence-corrected chi connectivity index (χ3v) is 1.52. The molecule has 1 rings (SSSR count). The van der Waals surface area contributed by atoms with Crippen LogP contribution in [0.25, 0.3) is 5.57 Å². The molecule has 0 amide bonds. The maximum absolute atomic E-state index is 12.8. The summed E-state index contributed by atoms with van der Waals surface area (Å²) in [6.07, 6.45) is 0.882. The Balaban J connectivity index is 3.27. The van der Waals surface area contributed by atoms with Gasteiger partial charge in [-0.1, -0.05) is 6.58 Å². The Morgan fingerprint density at radius 2 is 2.31 bits per heavy atom. The fourth-order valence-electron chi connectivity index (χ4n) is 0.836. The van der Waals surface area contributed by atoms with Gasteiger partial charge in [0.1, 0.15) is 0 Å². The summed E-state index contributed by atoms with van der Waals surface area (Å²) in [7, 11) is 0. The number of carboxylic acid groups (broad SMARTS) is 1. The van der Waals surface area contributed by atoms with Crippen molar-refractivity contribution >= 4 is 11.5 Å². The Morgan fingerprint density at radius 1 is 1.69 bits per heavy atom. The summed E-state index contributed by atoms with van der Waals surface area (Å²) in [4.78, 5) is 14.2. The molecule has 13 heavy (non-hydrogen) atoms. The van der Waals surface area contributed by atoms with Crippen molar-refractivity contribution in [1.29, 1.82) is 0 Å². The minimum absolute atomic E-state index is 0.381. The fourth-order valence-corrected chi connectivity index (χ4v) is 0.836. The summed E-state index contributed by atoms with van der Waals surface area (Å²) in [5.41, 5.74) is 0.606. The van der Waals surface area contributed by atoms with Crippen molar-refractivity contribution < 1.29 is 14.3 Å². The Bertz CT molecular complexity index is 374. The van der Waals surface area contributed by atoms with E-state index in [0.717, 1.165) is 6.20 Å². The van der Waals surface area contributed by atoms with Crippen molar-refractivity contribution in [3.05, 3.63) is 35.9 Å². The van der Waals surface area contributed by atoms with E-state index >= 15 is 0 Å². The average molecular weight is 181 g/mol. The molecule has 1 N–H and O–H groups in total. The van der Waals surface area contributed by atoms with Crippen molar-refractivity contribution in [3.63, 3.8) is 0 Å². The van der Waals surface area contributed by atoms with Gasteiger partial charge in [0.05, 0.1) is 17.5 Å². The summed E-state index contributed by atoms with van der Waals surface area (Å²) in [6, 6.07) is 1.17. The van der Waals surface area contributed by atoms with Gasteiger partial charge in [0, 0.05) is 0 Å². The van der Waals surface area contributed by atoms with Gasteiger partial charge >= 0.3 is 5.97 Å². The molecule has 1 heterocycles. The SMILES string of the molecule is C=C(C)c1cc(C(=O)O)c(F)cn1. The zero-order chi connectivity index (χ0) is 10.0. The molecule has 68 valence electrons. The van der Waals surface area contributed by atoms with E-state index in [1.165, 1.54) is 6.07 Å². The van der Waals surface area contributed by atoms with Crippen LogP contribution in [0.3, 0.4) is 0 Å². The van der Waals surface area contributed by atoms with Gasteiger partial charge in [-0.25, -0.2) is 9.18 Å². The van der Waals surface area contributed by atoms with Gasteiger partial charge in [0.15, 0.2) is 5.82 Å². The zero-order valence-corrected chi connectivity index (χ0v) is 7.04. The van der Waals surface area contributed by atoms with Crippen LogP contribution in [0.4, 0.5) is 4.39 Å². The van der Waals surface area contributed by atoms with Crippen LogP contribution in [-0.2, 0) is 0 Å². The topological polar surface area (TPSA) is 50.2 Å². The van der Waals surface area contributed by atoms with Crippen molar-refractivity contribution in [1.82, 2.24) is 4.98 Å². The lowest BCUT2D eigenvalue weighted by atomic mass is 10.1. The predicted molar refractivity (Wildman–Crippen MR) is 45.9 cm³/mol. The third-order valence-electron chi connectivity index (χ3n) is 1.52. The summed E-state index contributed by atoms with van der Waals surface area (Å²) in [5.74, 6) is -2.14. The Kier molecular flexibility index (Phi) is 2.41. The van der Waals surface area contributed by atoms with E-state index in [2.05, 4.69) is 11.6 Å². The molecule has 0 radical (unpaired) electrons. The highest BCUT2D eigenvalue weighted by Gasteiger charge is 2.11. The van der Waals surface area contributed by atoms with Crippen molar-refractivity contribution in [2.24, 2.45) is 0 Å². The highest BCUT2D eigenvalue weighted by molar-refractivity contribution is 5.88. The van der Waals surface area contributed by atoms with E-state index < -0.39 is 11.8 Å². The summed E-state index contributed by atoms with van der Waals surface area (Å²) >= 11 is 0. The highest BCUT2D eigenvalue weighted by Crippen LogP contribution is 2.13. The lowest BCUT2D eigenvalue weighted by molar-refractivity contribution is 0.0691. The van der Waals surface area contributed by atoms with Crippen LogP contribution in [0, 0.1) is 5.82 Å². The highest BCUT2D eigenvalue weighted by atomic mass is 19.1. The van der Waals surface area contributed by atoms with E-state index in [9.17, 15) is 9.18 Å². The first kappa shape index (κ1) is 9.38. The number of pyridine rings is 1. The predicted octanol–water partition coefficient (Wildman–Crippen LogP) is 1.95. The van der Waals surface area contributed by atoms with Crippen LogP contribution in [-0.4, -0.2) is 16.1 Å². The molecule has 0 aliphatic rings. The molecule has 0 atom stereocenters. The summed E-state index contributed by atoms with van der Waals surface area (Å²) < 4.78 is 12.8. The molecule has 4 heteroatoms. The molecule has 3 nitrogen and oxygen atoms in total. The average Bonchev–Trinajstić information content (AvgIpc) is 2.04. The Labute approximate surface area is 74.5 Å². The number of carbonyl (C=O) groups is 1.